The Kier molecular flexibility index (Phi) is 4.62. The van der Waals surface area contributed by atoms with E-state index in [1.807, 2.05) is 7.11 Å². The van der Waals surface area contributed by atoms with E-state index in [-0.39, 0.29) is 0 Å². The highest BCUT2D eigenvalue weighted by Gasteiger charge is 2.29. The van der Waals surface area contributed by atoms with Crippen LogP contribution in [0.5, 0.6) is 0 Å². The molecule has 2 atom stereocenters. The van der Waals surface area contributed by atoms with E-state index in [4.69, 9.17) is 4.74 Å². The van der Waals surface area contributed by atoms with E-state index in [0.29, 0.717) is 6.10 Å². The summed E-state index contributed by atoms with van der Waals surface area (Å²) in [5.41, 5.74) is 0. The van der Waals surface area contributed by atoms with Crippen molar-refractivity contribution in [2.24, 2.45) is 0 Å². The van der Waals surface area contributed by atoms with E-state index in [1.54, 1.807) is 0 Å². The number of nitrogens with zero attached hydrogens (tertiary/aromatic N) is 1. The average molecular weight is 226 g/mol. The summed E-state index contributed by atoms with van der Waals surface area (Å²) in [6, 6.07) is 1.56. The SMILES string of the molecule is CCCC(CNC1CC1)N1CCC(OC)C1. The maximum atomic E-state index is 5.45. The zero-order chi connectivity index (χ0) is 11.4. The molecule has 1 N–H and O–H groups in total. The molecule has 0 aromatic carbocycles. The monoisotopic (exact) mass is 226 g/mol. The molecular formula is C13H26N2O. The molecule has 2 fully saturated rings. The van der Waals surface area contributed by atoms with Crippen LogP contribution < -0.4 is 5.32 Å². The second kappa shape index (κ2) is 5.99. The lowest BCUT2D eigenvalue weighted by Crippen LogP contribution is -2.42. The van der Waals surface area contributed by atoms with Crippen molar-refractivity contribution < 1.29 is 4.74 Å². The van der Waals surface area contributed by atoms with Gasteiger partial charge in [-0.05, 0) is 25.7 Å². The molecule has 0 amide bonds. The Balaban J connectivity index is 1.75. The molecule has 0 spiro atoms. The van der Waals surface area contributed by atoms with Crippen LogP contribution in [-0.2, 0) is 4.74 Å². The van der Waals surface area contributed by atoms with Gasteiger partial charge in [-0.25, -0.2) is 0 Å². The molecule has 2 unspecified atom stereocenters. The number of hydrogen-bond donors (Lipinski definition) is 1. The summed E-state index contributed by atoms with van der Waals surface area (Å²) in [6.45, 7) is 5.81. The minimum Gasteiger partial charge on any atom is -0.380 e. The van der Waals surface area contributed by atoms with Crippen molar-refractivity contribution >= 4 is 0 Å². The summed E-state index contributed by atoms with van der Waals surface area (Å²) in [7, 11) is 1.84. The first-order valence-corrected chi connectivity index (χ1v) is 6.83. The molecule has 0 radical (unpaired) electrons. The van der Waals surface area contributed by atoms with Crippen LogP contribution in [0.3, 0.4) is 0 Å². The second-order valence-corrected chi connectivity index (χ2v) is 5.27. The van der Waals surface area contributed by atoms with Crippen molar-refractivity contribution in [1.29, 1.82) is 0 Å². The molecule has 1 heterocycles. The molecule has 94 valence electrons. The van der Waals surface area contributed by atoms with Gasteiger partial charge in [0.25, 0.3) is 0 Å². The third kappa shape index (κ3) is 3.44. The Morgan fingerprint density at radius 2 is 2.19 bits per heavy atom. The fourth-order valence-electron chi connectivity index (χ4n) is 2.62. The van der Waals surface area contributed by atoms with E-state index < -0.39 is 0 Å². The molecule has 2 aliphatic rings. The van der Waals surface area contributed by atoms with E-state index in [0.717, 1.165) is 18.6 Å². The lowest BCUT2D eigenvalue weighted by atomic mass is 10.1. The van der Waals surface area contributed by atoms with Crippen molar-refractivity contribution in [1.82, 2.24) is 10.2 Å². The van der Waals surface area contributed by atoms with Crippen molar-refractivity contribution in [2.75, 3.05) is 26.7 Å². The van der Waals surface area contributed by atoms with Gasteiger partial charge < -0.3 is 10.1 Å². The van der Waals surface area contributed by atoms with Crippen LogP contribution >= 0.6 is 0 Å². The normalized spacial score (nSPS) is 28.5. The third-order valence-electron chi connectivity index (χ3n) is 3.87. The predicted octanol–water partition coefficient (Wildman–Crippen LogP) is 1.63. The highest BCUT2D eigenvalue weighted by Crippen LogP contribution is 2.21. The Morgan fingerprint density at radius 1 is 1.38 bits per heavy atom. The molecule has 0 bridgehead atoms. The first kappa shape index (κ1) is 12.3. The molecule has 3 nitrogen and oxygen atoms in total. The molecule has 1 aliphatic heterocycles. The van der Waals surface area contributed by atoms with Gasteiger partial charge in [-0.15, -0.1) is 0 Å². The molecule has 2 rings (SSSR count). The van der Waals surface area contributed by atoms with Crippen LogP contribution in [0.2, 0.25) is 0 Å². The first-order valence-electron chi connectivity index (χ1n) is 6.83. The van der Waals surface area contributed by atoms with Crippen molar-refractivity contribution in [3.05, 3.63) is 0 Å². The Labute approximate surface area is 99.5 Å². The summed E-state index contributed by atoms with van der Waals surface area (Å²) >= 11 is 0. The highest BCUT2D eigenvalue weighted by atomic mass is 16.5. The Morgan fingerprint density at radius 3 is 2.75 bits per heavy atom. The smallest absolute Gasteiger partial charge is 0.0710 e. The minimum absolute atomic E-state index is 0.472. The average Bonchev–Trinajstić information content (AvgIpc) is 3.00. The highest BCUT2D eigenvalue weighted by molar-refractivity contribution is 4.87. The number of rotatable bonds is 7. The van der Waals surface area contributed by atoms with Gasteiger partial charge in [-0.2, -0.15) is 0 Å². The van der Waals surface area contributed by atoms with Gasteiger partial charge in [0.1, 0.15) is 0 Å². The molecule has 0 aromatic heterocycles. The Bertz CT molecular complexity index is 206. The number of likely N-dealkylation sites (tertiary alicyclic amines) is 1. The zero-order valence-corrected chi connectivity index (χ0v) is 10.7. The van der Waals surface area contributed by atoms with Gasteiger partial charge in [0.2, 0.25) is 0 Å². The van der Waals surface area contributed by atoms with Crippen molar-refractivity contribution in [3.8, 4) is 0 Å². The van der Waals surface area contributed by atoms with Gasteiger partial charge in [-0.1, -0.05) is 13.3 Å². The van der Waals surface area contributed by atoms with Crippen LogP contribution in [0, 0.1) is 0 Å². The molecule has 1 saturated heterocycles. The predicted molar refractivity (Wildman–Crippen MR) is 66.7 cm³/mol. The number of nitrogens with one attached hydrogen (secondary N) is 1. The van der Waals surface area contributed by atoms with E-state index in [2.05, 4.69) is 17.1 Å². The van der Waals surface area contributed by atoms with E-state index in [9.17, 15) is 0 Å². The lowest BCUT2D eigenvalue weighted by Gasteiger charge is -2.28. The maximum Gasteiger partial charge on any atom is 0.0710 e. The molecule has 0 aromatic rings. The van der Waals surface area contributed by atoms with Crippen molar-refractivity contribution in [2.45, 2.75) is 57.2 Å². The molecule has 1 saturated carbocycles. The summed E-state index contributed by atoms with van der Waals surface area (Å²) in [5.74, 6) is 0. The van der Waals surface area contributed by atoms with Crippen LogP contribution in [0.15, 0.2) is 0 Å². The third-order valence-corrected chi connectivity index (χ3v) is 3.87. The van der Waals surface area contributed by atoms with Crippen LogP contribution in [0.4, 0.5) is 0 Å². The van der Waals surface area contributed by atoms with E-state index in [1.165, 1.54) is 45.2 Å². The van der Waals surface area contributed by atoms with Crippen LogP contribution in [0.25, 0.3) is 0 Å². The fraction of sp³-hybridized carbons (Fsp3) is 1.00. The van der Waals surface area contributed by atoms with E-state index >= 15 is 0 Å². The van der Waals surface area contributed by atoms with Gasteiger partial charge in [0.15, 0.2) is 0 Å². The topological polar surface area (TPSA) is 24.5 Å². The fourth-order valence-corrected chi connectivity index (χ4v) is 2.62. The minimum atomic E-state index is 0.472. The van der Waals surface area contributed by atoms with Gasteiger partial charge in [0, 0.05) is 38.8 Å². The molecular weight excluding hydrogens is 200 g/mol. The molecule has 16 heavy (non-hydrogen) atoms. The van der Waals surface area contributed by atoms with Gasteiger partial charge >= 0.3 is 0 Å². The quantitative estimate of drug-likeness (QED) is 0.714. The zero-order valence-electron chi connectivity index (χ0n) is 10.7. The summed E-state index contributed by atoms with van der Waals surface area (Å²) in [6.07, 6.45) is 7.06. The van der Waals surface area contributed by atoms with Gasteiger partial charge in [-0.3, -0.25) is 4.90 Å². The molecule has 3 heteroatoms. The number of methoxy groups -OCH3 is 1. The summed E-state index contributed by atoms with van der Waals surface area (Å²) in [4.78, 5) is 2.62. The second-order valence-electron chi connectivity index (χ2n) is 5.27. The number of ether oxygens (including phenoxy) is 1. The number of hydrogen-bond acceptors (Lipinski definition) is 3. The summed E-state index contributed by atoms with van der Waals surface area (Å²) < 4.78 is 5.45. The maximum absolute atomic E-state index is 5.45. The summed E-state index contributed by atoms with van der Waals surface area (Å²) in [5, 5.41) is 3.67. The largest absolute Gasteiger partial charge is 0.380 e. The first-order chi connectivity index (χ1) is 7.83. The standard InChI is InChI=1S/C13H26N2O/c1-3-4-12(9-14-11-5-6-11)15-8-7-13(10-15)16-2/h11-14H,3-10H2,1-2H3. The van der Waals surface area contributed by atoms with Crippen molar-refractivity contribution in [3.63, 3.8) is 0 Å². The van der Waals surface area contributed by atoms with Crippen LogP contribution in [0.1, 0.15) is 39.0 Å². The molecule has 1 aliphatic carbocycles. The lowest BCUT2D eigenvalue weighted by molar-refractivity contribution is 0.0993. The van der Waals surface area contributed by atoms with Gasteiger partial charge in [0.05, 0.1) is 6.10 Å². The Hall–Kier alpha value is -0.120. The van der Waals surface area contributed by atoms with Crippen LogP contribution in [-0.4, -0.2) is 49.8 Å².